The molecule has 0 aliphatic carbocycles. The van der Waals surface area contributed by atoms with E-state index in [1.54, 1.807) is 0 Å². The first kappa shape index (κ1) is 15.5. The highest BCUT2D eigenvalue weighted by molar-refractivity contribution is 5.75. The first-order valence-electron chi connectivity index (χ1n) is 6.89. The van der Waals surface area contributed by atoms with Crippen LogP contribution < -0.4 is 4.90 Å². The fourth-order valence-electron chi connectivity index (χ4n) is 2.42. The molecule has 0 aromatic heterocycles. The quantitative estimate of drug-likeness (QED) is 0.851. The van der Waals surface area contributed by atoms with Crippen LogP contribution in [-0.4, -0.2) is 24.2 Å². The van der Waals surface area contributed by atoms with Gasteiger partial charge in [0, 0.05) is 12.2 Å². The zero-order valence-electron chi connectivity index (χ0n) is 12.6. The van der Waals surface area contributed by atoms with Gasteiger partial charge in [-0.25, -0.2) is 0 Å². The Labute approximate surface area is 116 Å². The molecule has 0 aliphatic heterocycles. The molecule has 0 radical (unpaired) electrons. The first-order valence-corrected chi connectivity index (χ1v) is 6.89. The Bertz CT molecular complexity index is 438. The van der Waals surface area contributed by atoms with Crippen molar-refractivity contribution in [2.75, 3.05) is 18.0 Å². The Balaban J connectivity index is 3.23. The zero-order chi connectivity index (χ0) is 14.6. The van der Waals surface area contributed by atoms with E-state index in [2.05, 4.69) is 46.8 Å². The number of aryl methyl sites for hydroxylation is 1. The molecule has 0 heterocycles. The van der Waals surface area contributed by atoms with Gasteiger partial charge in [-0.3, -0.25) is 4.79 Å². The van der Waals surface area contributed by atoms with Crippen LogP contribution in [0.4, 0.5) is 5.69 Å². The lowest BCUT2D eigenvalue weighted by atomic mass is 9.96. The van der Waals surface area contributed by atoms with Crippen LogP contribution in [0.3, 0.4) is 0 Å². The van der Waals surface area contributed by atoms with Gasteiger partial charge in [-0.05, 0) is 29.9 Å². The van der Waals surface area contributed by atoms with Crippen LogP contribution in [-0.2, 0) is 4.79 Å². The van der Waals surface area contributed by atoms with Gasteiger partial charge in [-0.1, -0.05) is 45.9 Å². The van der Waals surface area contributed by atoms with Crippen molar-refractivity contribution in [3.8, 4) is 0 Å². The van der Waals surface area contributed by atoms with Crippen LogP contribution in [0.1, 0.15) is 44.7 Å². The fraction of sp³-hybridized carbons (Fsp3) is 0.562. The standard InChI is InChI=1S/C16H25NO2/c1-11(2)9-17(10-15(18)19)16-13(5)7-6-8-14(16)12(3)4/h6-8,11-12H,9-10H2,1-5H3,(H,18,19). The fourth-order valence-corrected chi connectivity index (χ4v) is 2.42. The SMILES string of the molecule is Cc1cccc(C(C)C)c1N(CC(=O)O)CC(C)C. The molecule has 1 rings (SSSR count). The zero-order valence-corrected chi connectivity index (χ0v) is 12.6. The third-order valence-corrected chi connectivity index (χ3v) is 3.12. The Morgan fingerprint density at radius 3 is 2.37 bits per heavy atom. The number of carbonyl (C=O) groups is 1. The minimum Gasteiger partial charge on any atom is -0.480 e. The van der Waals surface area contributed by atoms with Crippen LogP contribution in [0.25, 0.3) is 0 Å². The number of carboxylic acids is 1. The molecule has 0 amide bonds. The number of hydrogen-bond acceptors (Lipinski definition) is 2. The van der Waals surface area contributed by atoms with Crippen molar-refractivity contribution in [1.29, 1.82) is 0 Å². The van der Waals surface area contributed by atoms with Gasteiger partial charge in [-0.2, -0.15) is 0 Å². The molecular formula is C16H25NO2. The van der Waals surface area contributed by atoms with E-state index in [0.717, 1.165) is 17.8 Å². The molecule has 1 N–H and O–H groups in total. The van der Waals surface area contributed by atoms with Crippen molar-refractivity contribution in [2.24, 2.45) is 5.92 Å². The van der Waals surface area contributed by atoms with Gasteiger partial charge in [0.1, 0.15) is 6.54 Å². The number of aliphatic carboxylic acids is 1. The Morgan fingerprint density at radius 2 is 1.89 bits per heavy atom. The smallest absolute Gasteiger partial charge is 0.323 e. The highest BCUT2D eigenvalue weighted by atomic mass is 16.4. The van der Waals surface area contributed by atoms with E-state index in [9.17, 15) is 4.79 Å². The van der Waals surface area contributed by atoms with Gasteiger partial charge in [0.05, 0.1) is 0 Å². The minimum atomic E-state index is -0.779. The summed E-state index contributed by atoms with van der Waals surface area (Å²) < 4.78 is 0. The van der Waals surface area contributed by atoms with E-state index in [4.69, 9.17) is 5.11 Å². The molecule has 1 aromatic rings. The van der Waals surface area contributed by atoms with Crippen LogP contribution in [0.5, 0.6) is 0 Å². The maximum absolute atomic E-state index is 11.1. The molecule has 0 saturated carbocycles. The lowest BCUT2D eigenvalue weighted by Gasteiger charge is -2.30. The molecule has 0 fully saturated rings. The maximum atomic E-state index is 11.1. The molecular weight excluding hydrogens is 238 g/mol. The van der Waals surface area contributed by atoms with Crippen molar-refractivity contribution in [3.05, 3.63) is 29.3 Å². The molecule has 0 unspecified atom stereocenters. The van der Waals surface area contributed by atoms with Crippen molar-refractivity contribution < 1.29 is 9.90 Å². The minimum absolute atomic E-state index is 0.0583. The molecule has 0 atom stereocenters. The summed E-state index contributed by atoms with van der Waals surface area (Å²) in [6.45, 7) is 11.4. The van der Waals surface area contributed by atoms with Gasteiger partial charge in [0.15, 0.2) is 0 Å². The molecule has 0 aliphatic rings. The van der Waals surface area contributed by atoms with Gasteiger partial charge in [0.25, 0.3) is 0 Å². The predicted molar refractivity (Wildman–Crippen MR) is 80.0 cm³/mol. The highest BCUT2D eigenvalue weighted by Gasteiger charge is 2.18. The summed E-state index contributed by atoms with van der Waals surface area (Å²) in [5, 5.41) is 9.14. The summed E-state index contributed by atoms with van der Waals surface area (Å²) in [7, 11) is 0. The number of para-hydroxylation sites is 1. The summed E-state index contributed by atoms with van der Waals surface area (Å²) in [5.74, 6) is 0.0379. The van der Waals surface area contributed by atoms with E-state index in [-0.39, 0.29) is 6.54 Å². The molecule has 106 valence electrons. The average Bonchev–Trinajstić information content (AvgIpc) is 2.26. The van der Waals surface area contributed by atoms with E-state index >= 15 is 0 Å². The third-order valence-electron chi connectivity index (χ3n) is 3.12. The van der Waals surface area contributed by atoms with E-state index in [1.165, 1.54) is 5.56 Å². The summed E-state index contributed by atoms with van der Waals surface area (Å²) in [6.07, 6.45) is 0. The molecule has 0 saturated heterocycles. The lowest BCUT2D eigenvalue weighted by molar-refractivity contribution is -0.135. The monoisotopic (exact) mass is 263 g/mol. The second kappa shape index (κ2) is 6.60. The second-order valence-electron chi connectivity index (χ2n) is 5.84. The predicted octanol–water partition coefficient (Wildman–Crippen LogP) is 3.67. The normalized spacial score (nSPS) is 11.1. The topological polar surface area (TPSA) is 40.5 Å². The number of benzene rings is 1. The first-order chi connectivity index (χ1) is 8.82. The molecule has 3 nitrogen and oxygen atoms in total. The largest absolute Gasteiger partial charge is 0.480 e. The van der Waals surface area contributed by atoms with Crippen molar-refractivity contribution in [2.45, 2.75) is 40.5 Å². The highest BCUT2D eigenvalue weighted by Crippen LogP contribution is 2.31. The maximum Gasteiger partial charge on any atom is 0.323 e. The number of carboxylic acid groups (broad SMARTS) is 1. The summed E-state index contributed by atoms with van der Waals surface area (Å²) in [4.78, 5) is 13.1. The summed E-state index contributed by atoms with van der Waals surface area (Å²) >= 11 is 0. The van der Waals surface area contributed by atoms with Gasteiger partial charge in [0.2, 0.25) is 0 Å². The lowest BCUT2D eigenvalue weighted by Crippen LogP contribution is -2.34. The van der Waals surface area contributed by atoms with Gasteiger partial charge >= 0.3 is 5.97 Å². The van der Waals surface area contributed by atoms with Crippen molar-refractivity contribution in [3.63, 3.8) is 0 Å². The number of hydrogen-bond donors (Lipinski definition) is 1. The molecule has 3 heteroatoms. The number of rotatable bonds is 6. The molecule has 0 spiro atoms. The summed E-state index contributed by atoms with van der Waals surface area (Å²) in [6, 6.07) is 6.20. The van der Waals surface area contributed by atoms with E-state index in [1.807, 2.05) is 11.0 Å². The van der Waals surface area contributed by atoms with Gasteiger partial charge < -0.3 is 10.0 Å². The van der Waals surface area contributed by atoms with E-state index in [0.29, 0.717) is 11.8 Å². The third kappa shape index (κ3) is 4.27. The van der Waals surface area contributed by atoms with Crippen molar-refractivity contribution >= 4 is 11.7 Å². The number of nitrogens with zero attached hydrogens (tertiary/aromatic N) is 1. The molecule has 19 heavy (non-hydrogen) atoms. The second-order valence-corrected chi connectivity index (χ2v) is 5.84. The summed E-state index contributed by atoms with van der Waals surface area (Å²) in [5.41, 5.74) is 3.46. The van der Waals surface area contributed by atoms with E-state index < -0.39 is 5.97 Å². The van der Waals surface area contributed by atoms with Gasteiger partial charge in [-0.15, -0.1) is 0 Å². The van der Waals surface area contributed by atoms with Crippen LogP contribution in [0, 0.1) is 12.8 Å². The van der Waals surface area contributed by atoms with Crippen molar-refractivity contribution in [1.82, 2.24) is 0 Å². The Hall–Kier alpha value is -1.51. The van der Waals surface area contributed by atoms with Crippen LogP contribution in [0.15, 0.2) is 18.2 Å². The molecule has 0 bridgehead atoms. The Morgan fingerprint density at radius 1 is 1.26 bits per heavy atom. The number of anilines is 1. The molecule has 1 aromatic carbocycles. The van der Waals surface area contributed by atoms with Crippen LogP contribution >= 0.6 is 0 Å². The Kier molecular flexibility index (Phi) is 5.40. The van der Waals surface area contributed by atoms with Crippen LogP contribution in [0.2, 0.25) is 0 Å². The average molecular weight is 263 g/mol.